The second kappa shape index (κ2) is 7.46. The molecule has 0 unspecified atom stereocenters. The Morgan fingerprint density at radius 2 is 1.54 bits per heavy atom. The van der Waals surface area contributed by atoms with Crippen LogP contribution in [0, 0.1) is 20.8 Å². The number of nitrogens with zero attached hydrogens (tertiary/aromatic N) is 5. The maximum atomic E-state index is 12.8. The molecule has 1 aliphatic rings. The minimum absolute atomic E-state index is 0.0568. The lowest BCUT2D eigenvalue weighted by atomic mass is 10.1. The van der Waals surface area contributed by atoms with E-state index in [1.807, 2.05) is 11.0 Å². The third-order valence-electron chi connectivity index (χ3n) is 5.43. The molecule has 2 heterocycles. The lowest BCUT2D eigenvalue weighted by Gasteiger charge is -2.35. The molecule has 28 heavy (non-hydrogen) atoms. The number of carbonyl (C=O) groups is 1. The lowest BCUT2D eigenvalue weighted by Crippen LogP contribution is -2.48. The molecule has 3 aromatic rings. The van der Waals surface area contributed by atoms with Gasteiger partial charge in [-0.25, -0.2) is 4.68 Å². The molecule has 144 valence electrons. The number of hydrogen-bond acceptors (Lipinski definition) is 4. The summed E-state index contributed by atoms with van der Waals surface area (Å²) in [5.41, 5.74) is 6.18. The van der Waals surface area contributed by atoms with Crippen molar-refractivity contribution in [2.45, 2.75) is 20.8 Å². The van der Waals surface area contributed by atoms with Gasteiger partial charge >= 0.3 is 0 Å². The zero-order valence-corrected chi connectivity index (χ0v) is 16.6. The van der Waals surface area contributed by atoms with Crippen molar-refractivity contribution in [3.8, 4) is 5.69 Å². The Hall–Kier alpha value is -3.15. The van der Waals surface area contributed by atoms with Crippen molar-refractivity contribution < 1.29 is 4.79 Å². The number of aryl methyl sites for hydroxylation is 3. The summed E-state index contributed by atoms with van der Waals surface area (Å²) in [6.07, 6.45) is 1.72. The molecule has 0 saturated carbocycles. The van der Waals surface area contributed by atoms with Crippen LogP contribution in [0.2, 0.25) is 0 Å². The van der Waals surface area contributed by atoms with Gasteiger partial charge in [0.05, 0.1) is 11.9 Å². The van der Waals surface area contributed by atoms with E-state index < -0.39 is 0 Å². The van der Waals surface area contributed by atoms with Gasteiger partial charge in [0.1, 0.15) is 0 Å². The fraction of sp³-hybridized carbons (Fsp3) is 0.318. The third kappa shape index (κ3) is 3.63. The average Bonchev–Trinajstić information content (AvgIpc) is 3.20. The summed E-state index contributed by atoms with van der Waals surface area (Å²) in [7, 11) is 0. The van der Waals surface area contributed by atoms with E-state index >= 15 is 0 Å². The Morgan fingerprint density at radius 3 is 2.21 bits per heavy atom. The molecule has 0 aliphatic carbocycles. The minimum Gasteiger partial charge on any atom is -0.368 e. The quantitative estimate of drug-likeness (QED) is 0.706. The second-order valence-corrected chi connectivity index (χ2v) is 7.43. The van der Waals surface area contributed by atoms with E-state index in [1.54, 1.807) is 10.9 Å². The van der Waals surface area contributed by atoms with Gasteiger partial charge in [-0.15, -0.1) is 5.10 Å². The summed E-state index contributed by atoms with van der Waals surface area (Å²) in [6, 6.07) is 14.6. The van der Waals surface area contributed by atoms with Gasteiger partial charge in [-0.1, -0.05) is 29.0 Å². The van der Waals surface area contributed by atoms with E-state index in [0.29, 0.717) is 18.8 Å². The molecule has 6 nitrogen and oxygen atoms in total. The first-order chi connectivity index (χ1) is 13.5. The van der Waals surface area contributed by atoms with Crippen LogP contribution in [0.3, 0.4) is 0 Å². The van der Waals surface area contributed by atoms with Crippen LogP contribution >= 0.6 is 0 Å². The van der Waals surface area contributed by atoms with Gasteiger partial charge in [-0.2, -0.15) is 0 Å². The molecule has 0 bridgehead atoms. The van der Waals surface area contributed by atoms with Gasteiger partial charge in [0, 0.05) is 31.9 Å². The standard InChI is InChI=1S/C22H25N5O/c1-16-4-7-19(8-5-16)25-10-12-26(13-11-25)22(28)21-15-27(24-23-21)20-9-6-17(2)18(3)14-20/h4-9,14-15H,10-13H2,1-3H3. The molecule has 0 N–H and O–H groups in total. The van der Waals surface area contributed by atoms with Crippen molar-refractivity contribution in [2.75, 3.05) is 31.1 Å². The summed E-state index contributed by atoms with van der Waals surface area (Å²) >= 11 is 0. The second-order valence-electron chi connectivity index (χ2n) is 7.43. The maximum absolute atomic E-state index is 12.8. The monoisotopic (exact) mass is 375 g/mol. The molecule has 2 aromatic carbocycles. The van der Waals surface area contributed by atoms with Crippen molar-refractivity contribution in [1.29, 1.82) is 0 Å². The van der Waals surface area contributed by atoms with Gasteiger partial charge < -0.3 is 9.80 Å². The van der Waals surface area contributed by atoms with Gasteiger partial charge in [-0.05, 0) is 56.2 Å². The van der Waals surface area contributed by atoms with Crippen molar-refractivity contribution in [2.24, 2.45) is 0 Å². The van der Waals surface area contributed by atoms with Crippen LogP contribution in [0.25, 0.3) is 5.69 Å². The minimum atomic E-state index is -0.0568. The van der Waals surface area contributed by atoms with Crippen molar-refractivity contribution in [3.05, 3.63) is 71.0 Å². The highest BCUT2D eigenvalue weighted by Gasteiger charge is 2.24. The van der Waals surface area contributed by atoms with Crippen molar-refractivity contribution in [1.82, 2.24) is 19.9 Å². The van der Waals surface area contributed by atoms with Gasteiger partial charge in [-0.3, -0.25) is 4.79 Å². The van der Waals surface area contributed by atoms with E-state index in [0.717, 1.165) is 18.8 Å². The first kappa shape index (κ1) is 18.2. The SMILES string of the molecule is Cc1ccc(N2CCN(C(=O)c3cn(-c4ccc(C)c(C)c4)nn3)CC2)cc1. The molecule has 0 spiro atoms. The molecule has 0 atom stereocenters. The Morgan fingerprint density at radius 1 is 0.857 bits per heavy atom. The zero-order chi connectivity index (χ0) is 19.7. The van der Waals surface area contributed by atoms with Crippen LogP contribution in [0.5, 0.6) is 0 Å². The Kier molecular flexibility index (Phi) is 4.86. The van der Waals surface area contributed by atoms with E-state index in [2.05, 4.69) is 72.4 Å². The highest BCUT2D eigenvalue weighted by Crippen LogP contribution is 2.18. The molecule has 4 rings (SSSR count). The molecule has 1 saturated heterocycles. The first-order valence-corrected chi connectivity index (χ1v) is 9.62. The third-order valence-corrected chi connectivity index (χ3v) is 5.43. The van der Waals surface area contributed by atoms with Crippen LogP contribution in [-0.2, 0) is 0 Å². The number of benzene rings is 2. The maximum Gasteiger partial charge on any atom is 0.276 e. The van der Waals surface area contributed by atoms with Crippen molar-refractivity contribution >= 4 is 11.6 Å². The van der Waals surface area contributed by atoms with Gasteiger partial charge in [0.2, 0.25) is 0 Å². The topological polar surface area (TPSA) is 54.3 Å². The Labute approximate surface area is 165 Å². The molecule has 1 fully saturated rings. The normalized spacial score (nSPS) is 14.4. The Balaban J connectivity index is 1.42. The molecule has 6 heteroatoms. The fourth-order valence-electron chi connectivity index (χ4n) is 3.44. The zero-order valence-electron chi connectivity index (χ0n) is 16.6. The molecular weight excluding hydrogens is 350 g/mol. The first-order valence-electron chi connectivity index (χ1n) is 9.62. The van der Waals surface area contributed by atoms with Crippen LogP contribution in [0.15, 0.2) is 48.7 Å². The van der Waals surface area contributed by atoms with Crippen LogP contribution in [0.1, 0.15) is 27.2 Å². The summed E-state index contributed by atoms with van der Waals surface area (Å²) in [5.74, 6) is -0.0568. The van der Waals surface area contributed by atoms with E-state index in [4.69, 9.17) is 0 Å². The van der Waals surface area contributed by atoms with Crippen LogP contribution in [-0.4, -0.2) is 52.0 Å². The molecule has 1 amide bonds. The van der Waals surface area contributed by atoms with Crippen LogP contribution in [0.4, 0.5) is 5.69 Å². The number of anilines is 1. The summed E-state index contributed by atoms with van der Waals surface area (Å²) in [4.78, 5) is 17.0. The molecular formula is C22H25N5O. The number of aromatic nitrogens is 3. The number of rotatable bonds is 3. The predicted octanol–water partition coefficient (Wildman–Crippen LogP) is 3.15. The van der Waals surface area contributed by atoms with E-state index in [1.165, 1.54) is 22.4 Å². The van der Waals surface area contributed by atoms with E-state index in [9.17, 15) is 4.79 Å². The summed E-state index contributed by atoms with van der Waals surface area (Å²) in [6.45, 7) is 9.24. The fourth-order valence-corrected chi connectivity index (χ4v) is 3.44. The molecule has 1 aromatic heterocycles. The van der Waals surface area contributed by atoms with Gasteiger partial charge in [0.25, 0.3) is 5.91 Å². The highest BCUT2D eigenvalue weighted by molar-refractivity contribution is 5.92. The Bertz CT molecular complexity index is 984. The smallest absolute Gasteiger partial charge is 0.276 e. The predicted molar refractivity (Wildman–Crippen MR) is 110 cm³/mol. The van der Waals surface area contributed by atoms with Crippen LogP contribution < -0.4 is 4.90 Å². The average molecular weight is 375 g/mol. The van der Waals surface area contributed by atoms with Crippen molar-refractivity contribution in [3.63, 3.8) is 0 Å². The lowest BCUT2D eigenvalue weighted by molar-refractivity contribution is 0.0741. The molecule has 1 aliphatic heterocycles. The number of hydrogen-bond donors (Lipinski definition) is 0. The number of carbonyl (C=O) groups excluding carboxylic acids is 1. The van der Waals surface area contributed by atoms with E-state index in [-0.39, 0.29) is 5.91 Å². The largest absolute Gasteiger partial charge is 0.368 e. The number of amides is 1. The number of piperazine rings is 1. The summed E-state index contributed by atoms with van der Waals surface area (Å²) in [5, 5.41) is 8.27. The van der Waals surface area contributed by atoms with Gasteiger partial charge in [0.15, 0.2) is 5.69 Å². The molecule has 0 radical (unpaired) electrons. The summed E-state index contributed by atoms with van der Waals surface area (Å²) < 4.78 is 1.67. The highest BCUT2D eigenvalue weighted by atomic mass is 16.2.